The van der Waals surface area contributed by atoms with Crippen molar-refractivity contribution in [2.45, 2.75) is 29.6 Å². The molecule has 3 rings (SSSR count). The van der Waals surface area contributed by atoms with Crippen LogP contribution in [0.1, 0.15) is 25.3 Å². The predicted molar refractivity (Wildman–Crippen MR) is 71.2 cm³/mol. The van der Waals surface area contributed by atoms with Crippen LogP contribution < -0.4 is 4.74 Å². The van der Waals surface area contributed by atoms with Gasteiger partial charge in [-0.25, -0.2) is 0 Å². The molecule has 2 heteroatoms. The topological polar surface area (TPSA) is 9.23 Å². The van der Waals surface area contributed by atoms with Gasteiger partial charge in [0.05, 0.1) is 9.79 Å². The van der Waals surface area contributed by atoms with Gasteiger partial charge in [0, 0.05) is 0 Å². The van der Waals surface area contributed by atoms with Gasteiger partial charge in [-0.2, -0.15) is 0 Å². The maximum Gasteiger partial charge on any atom is 0.141 e. The molecule has 86 valence electrons. The van der Waals surface area contributed by atoms with Crippen LogP contribution in [0.2, 0.25) is 0 Å². The van der Waals surface area contributed by atoms with E-state index in [1.165, 1.54) is 15.4 Å². The highest BCUT2D eigenvalue weighted by Crippen LogP contribution is 2.47. The molecular weight excluding hydrogens is 228 g/mol. The van der Waals surface area contributed by atoms with Gasteiger partial charge in [-0.15, -0.1) is 0 Å². The van der Waals surface area contributed by atoms with E-state index >= 15 is 0 Å². The van der Waals surface area contributed by atoms with Crippen molar-refractivity contribution in [3.8, 4) is 11.5 Å². The van der Waals surface area contributed by atoms with E-state index in [9.17, 15) is 0 Å². The Balaban J connectivity index is 2.03. The lowest BCUT2D eigenvalue weighted by molar-refractivity contribution is 0.454. The second-order valence-electron chi connectivity index (χ2n) is 4.51. The highest BCUT2D eigenvalue weighted by molar-refractivity contribution is 7.99. The van der Waals surface area contributed by atoms with E-state index in [0.717, 1.165) is 11.5 Å². The summed E-state index contributed by atoms with van der Waals surface area (Å²) in [5.74, 6) is 2.48. The number of hydrogen-bond donors (Lipinski definition) is 0. The first-order valence-corrected chi connectivity index (χ1v) is 6.64. The molecule has 0 bridgehead atoms. The average Bonchev–Trinajstić information content (AvgIpc) is 2.35. The number of fused-ring (bicyclic) bond motifs is 2. The molecule has 0 fully saturated rings. The lowest BCUT2D eigenvalue weighted by Crippen LogP contribution is -1.96. The molecule has 1 nitrogen and oxygen atoms in total. The Hall–Kier alpha value is -1.41. The van der Waals surface area contributed by atoms with Gasteiger partial charge in [0.1, 0.15) is 11.5 Å². The van der Waals surface area contributed by atoms with Crippen LogP contribution in [0.3, 0.4) is 0 Å². The standard InChI is InChI=1S/C15H14OS/c1-10(2)11-7-8-13-15(9-11)17-14-6-4-3-5-12(14)16-13/h3-10H,1-2H3. The van der Waals surface area contributed by atoms with Gasteiger partial charge < -0.3 is 4.74 Å². The zero-order valence-electron chi connectivity index (χ0n) is 9.94. The predicted octanol–water partition coefficient (Wildman–Crippen LogP) is 5.07. The number of benzene rings is 2. The third-order valence-electron chi connectivity index (χ3n) is 2.92. The zero-order chi connectivity index (χ0) is 11.8. The second kappa shape index (κ2) is 4.11. The fourth-order valence-electron chi connectivity index (χ4n) is 1.90. The van der Waals surface area contributed by atoms with E-state index in [-0.39, 0.29) is 0 Å². The van der Waals surface area contributed by atoms with E-state index in [1.54, 1.807) is 11.8 Å². The van der Waals surface area contributed by atoms with Crippen LogP contribution in [0.5, 0.6) is 11.5 Å². The van der Waals surface area contributed by atoms with Crippen molar-refractivity contribution in [3.05, 3.63) is 48.0 Å². The summed E-state index contributed by atoms with van der Waals surface area (Å²) in [5.41, 5.74) is 1.36. The summed E-state index contributed by atoms with van der Waals surface area (Å²) < 4.78 is 5.89. The molecule has 0 saturated heterocycles. The number of rotatable bonds is 1. The monoisotopic (exact) mass is 242 g/mol. The molecule has 0 N–H and O–H groups in total. The Labute approximate surface area is 106 Å². The average molecular weight is 242 g/mol. The van der Waals surface area contributed by atoms with Crippen LogP contribution >= 0.6 is 11.8 Å². The summed E-state index contributed by atoms with van der Waals surface area (Å²) in [6.45, 7) is 4.42. The Bertz CT molecular complexity index is 561. The summed E-state index contributed by atoms with van der Waals surface area (Å²) in [7, 11) is 0. The minimum atomic E-state index is 0.554. The first-order chi connectivity index (χ1) is 8.24. The fraction of sp³-hybridized carbons (Fsp3) is 0.200. The summed E-state index contributed by atoms with van der Waals surface area (Å²) in [4.78, 5) is 2.41. The fourth-order valence-corrected chi connectivity index (χ4v) is 2.90. The molecule has 0 saturated carbocycles. The first kappa shape index (κ1) is 10.7. The van der Waals surface area contributed by atoms with Gasteiger partial charge >= 0.3 is 0 Å². The van der Waals surface area contributed by atoms with Gasteiger partial charge in [-0.3, -0.25) is 0 Å². The van der Waals surface area contributed by atoms with E-state index in [0.29, 0.717) is 5.92 Å². The highest BCUT2D eigenvalue weighted by atomic mass is 32.2. The molecule has 2 aromatic rings. The third kappa shape index (κ3) is 1.93. The lowest BCUT2D eigenvalue weighted by Gasteiger charge is -2.20. The van der Waals surface area contributed by atoms with Crippen molar-refractivity contribution in [2.24, 2.45) is 0 Å². The van der Waals surface area contributed by atoms with Crippen LogP contribution in [0, 0.1) is 0 Å². The van der Waals surface area contributed by atoms with Gasteiger partial charge in [0.25, 0.3) is 0 Å². The number of para-hydroxylation sites is 1. The van der Waals surface area contributed by atoms with E-state index in [4.69, 9.17) is 4.74 Å². The Kier molecular flexibility index (Phi) is 2.60. The molecule has 0 aromatic heterocycles. The van der Waals surface area contributed by atoms with Crippen LogP contribution in [0.4, 0.5) is 0 Å². The minimum absolute atomic E-state index is 0.554. The molecule has 0 aliphatic carbocycles. The molecule has 0 atom stereocenters. The van der Waals surface area contributed by atoms with Gasteiger partial charge in [-0.05, 0) is 35.7 Å². The van der Waals surface area contributed by atoms with Crippen LogP contribution in [0.15, 0.2) is 52.3 Å². The van der Waals surface area contributed by atoms with E-state index in [1.807, 2.05) is 18.2 Å². The van der Waals surface area contributed by atoms with E-state index in [2.05, 4.69) is 38.1 Å². The zero-order valence-corrected chi connectivity index (χ0v) is 10.8. The molecule has 0 radical (unpaired) electrons. The van der Waals surface area contributed by atoms with Crippen molar-refractivity contribution >= 4 is 11.8 Å². The highest BCUT2D eigenvalue weighted by Gasteiger charge is 2.17. The Morgan fingerprint density at radius 2 is 1.71 bits per heavy atom. The first-order valence-electron chi connectivity index (χ1n) is 5.83. The quantitative estimate of drug-likeness (QED) is 0.589. The molecular formula is C15H14OS. The molecule has 0 spiro atoms. The molecule has 0 unspecified atom stereocenters. The van der Waals surface area contributed by atoms with Gasteiger partial charge in [0.2, 0.25) is 0 Å². The largest absolute Gasteiger partial charge is 0.455 e. The SMILES string of the molecule is CC(C)c1ccc2c(c1)Sc1ccccc1O2. The number of ether oxygens (including phenoxy) is 1. The van der Waals surface area contributed by atoms with Crippen LogP contribution in [-0.2, 0) is 0 Å². The number of hydrogen-bond acceptors (Lipinski definition) is 2. The van der Waals surface area contributed by atoms with Crippen molar-refractivity contribution < 1.29 is 4.74 Å². The van der Waals surface area contributed by atoms with Crippen molar-refractivity contribution in [3.63, 3.8) is 0 Å². The Morgan fingerprint density at radius 1 is 0.941 bits per heavy atom. The molecule has 1 aliphatic heterocycles. The third-order valence-corrected chi connectivity index (χ3v) is 4.02. The maximum atomic E-state index is 5.89. The van der Waals surface area contributed by atoms with Crippen molar-refractivity contribution in [1.29, 1.82) is 0 Å². The molecule has 2 aromatic carbocycles. The molecule has 1 aliphatic rings. The normalized spacial score (nSPS) is 12.9. The minimum Gasteiger partial charge on any atom is -0.455 e. The van der Waals surface area contributed by atoms with Gasteiger partial charge in [-0.1, -0.05) is 43.8 Å². The molecule has 17 heavy (non-hydrogen) atoms. The second-order valence-corrected chi connectivity index (χ2v) is 5.60. The molecule has 1 heterocycles. The smallest absolute Gasteiger partial charge is 0.141 e. The summed E-state index contributed by atoms with van der Waals surface area (Å²) >= 11 is 1.79. The lowest BCUT2D eigenvalue weighted by atomic mass is 10.0. The molecule has 0 amide bonds. The Morgan fingerprint density at radius 3 is 2.53 bits per heavy atom. The van der Waals surface area contributed by atoms with Crippen LogP contribution in [-0.4, -0.2) is 0 Å². The summed E-state index contributed by atoms with van der Waals surface area (Å²) in [6, 6.07) is 14.6. The van der Waals surface area contributed by atoms with Crippen molar-refractivity contribution in [1.82, 2.24) is 0 Å². The maximum absolute atomic E-state index is 5.89. The summed E-state index contributed by atoms with van der Waals surface area (Å²) in [5, 5.41) is 0. The van der Waals surface area contributed by atoms with Gasteiger partial charge in [0.15, 0.2) is 0 Å². The van der Waals surface area contributed by atoms with Crippen molar-refractivity contribution in [2.75, 3.05) is 0 Å². The summed E-state index contributed by atoms with van der Waals surface area (Å²) in [6.07, 6.45) is 0. The van der Waals surface area contributed by atoms with Crippen LogP contribution in [0.25, 0.3) is 0 Å². The van der Waals surface area contributed by atoms with E-state index < -0.39 is 0 Å².